The standard InChI is InChI=1S/C22H25N3OS/c1-22(16-8-4-3-5-9-16,21(26)25(2)17-12-13-23-15-17)14-20-24-18-10-6-7-11-19(18)27-20/h3-11,17,23H,12-15H2,1-2H3. The number of carbonyl (C=O) groups is 1. The normalized spacial score (nSPS) is 19.1. The molecular formula is C22H25N3OS. The predicted octanol–water partition coefficient (Wildman–Crippen LogP) is 3.62. The summed E-state index contributed by atoms with van der Waals surface area (Å²) >= 11 is 1.69. The van der Waals surface area contributed by atoms with Crippen molar-refractivity contribution in [1.82, 2.24) is 15.2 Å². The Bertz CT molecular complexity index is 900. The number of aromatic nitrogens is 1. The van der Waals surface area contributed by atoms with Crippen LogP contribution in [-0.2, 0) is 16.6 Å². The van der Waals surface area contributed by atoms with E-state index >= 15 is 0 Å². The van der Waals surface area contributed by atoms with E-state index in [9.17, 15) is 4.79 Å². The molecule has 2 heterocycles. The van der Waals surface area contributed by atoms with Crippen molar-refractivity contribution in [3.8, 4) is 0 Å². The average molecular weight is 380 g/mol. The lowest BCUT2D eigenvalue weighted by atomic mass is 9.78. The highest BCUT2D eigenvalue weighted by atomic mass is 32.1. The van der Waals surface area contributed by atoms with Crippen LogP contribution in [0.25, 0.3) is 10.2 Å². The lowest BCUT2D eigenvalue weighted by Gasteiger charge is -2.35. The van der Waals surface area contributed by atoms with Gasteiger partial charge < -0.3 is 10.2 Å². The number of benzene rings is 2. The minimum Gasteiger partial charge on any atom is -0.341 e. The fourth-order valence-corrected chi connectivity index (χ4v) is 5.05. The third-order valence-corrected chi connectivity index (χ3v) is 6.66. The third-order valence-electron chi connectivity index (χ3n) is 5.63. The molecule has 3 aromatic rings. The highest BCUT2D eigenvalue weighted by molar-refractivity contribution is 7.18. The topological polar surface area (TPSA) is 45.2 Å². The Morgan fingerprint density at radius 2 is 1.96 bits per heavy atom. The Morgan fingerprint density at radius 3 is 2.67 bits per heavy atom. The number of hydrogen-bond acceptors (Lipinski definition) is 4. The molecule has 1 saturated heterocycles. The second kappa shape index (κ2) is 7.41. The molecule has 0 radical (unpaired) electrons. The minimum atomic E-state index is -0.632. The summed E-state index contributed by atoms with van der Waals surface area (Å²) < 4.78 is 1.17. The molecule has 0 spiro atoms. The highest BCUT2D eigenvalue weighted by Crippen LogP contribution is 2.34. The van der Waals surface area contributed by atoms with Gasteiger partial charge >= 0.3 is 0 Å². The van der Waals surface area contributed by atoms with Gasteiger partial charge in [0.15, 0.2) is 0 Å². The van der Waals surface area contributed by atoms with Crippen LogP contribution in [0.1, 0.15) is 23.9 Å². The van der Waals surface area contributed by atoms with Crippen molar-refractivity contribution in [2.75, 3.05) is 20.1 Å². The van der Waals surface area contributed by atoms with Crippen LogP contribution in [0.15, 0.2) is 54.6 Å². The molecule has 1 aromatic heterocycles. The second-order valence-corrected chi connectivity index (χ2v) is 8.63. The number of amides is 1. The minimum absolute atomic E-state index is 0.168. The molecule has 4 nitrogen and oxygen atoms in total. The summed E-state index contributed by atoms with van der Waals surface area (Å²) in [7, 11) is 1.94. The van der Waals surface area contributed by atoms with E-state index in [1.54, 1.807) is 11.3 Å². The first-order valence-electron chi connectivity index (χ1n) is 9.46. The van der Waals surface area contributed by atoms with E-state index in [1.165, 1.54) is 4.70 Å². The number of para-hydroxylation sites is 1. The molecule has 2 unspecified atom stereocenters. The molecule has 4 rings (SSSR count). The number of hydrogen-bond donors (Lipinski definition) is 1. The number of nitrogens with one attached hydrogen (secondary N) is 1. The molecule has 1 aliphatic heterocycles. The van der Waals surface area contributed by atoms with Crippen LogP contribution < -0.4 is 5.32 Å². The van der Waals surface area contributed by atoms with Crippen LogP contribution in [0.3, 0.4) is 0 Å². The van der Waals surface area contributed by atoms with Gasteiger partial charge in [-0.15, -0.1) is 11.3 Å². The second-order valence-electron chi connectivity index (χ2n) is 7.51. The molecule has 2 aromatic carbocycles. The predicted molar refractivity (Wildman–Crippen MR) is 111 cm³/mol. The fraction of sp³-hybridized carbons (Fsp3) is 0.364. The number of likely N-dealkylation sites (N-methyl/N-ethyl adjacent to an activating group) is 1. The van der Waals surface area contributed by atoms with Crippen LogP contribution in [-0.4, -0.2) is 42.0 Å². The van der Waals surface area contributed by atoms with Gasteiger partial charge in [-0.1, -0.05) is 42.5 Å². The molecule has 0 saturated carbocycles. The van der Waals surface area contributed by atoms with E-state index in [0.717, 1.165) is 35.6 Å². The smallest absolute Gasteiger partial charge is 0.233 e. The Kier molecular flexibility index (Phi) is 4.98. The van der Waals surface area contributed by atoms with Crippen molar-refractivity contribution < 1.29 is 4.79 Å². The van der Waals surface area contributed by atoms with Crippen molar-refractivity contribution in [2.24, 2.45) is 0 Å². The van der Waals surface area contributed by atoms with Crippen LogP contribution in [0.5, 0.6) is 0 Å². The molecule has 140 valence electrons. The Morgan fingerprint density at radius 1 is 1.22 bits per heavy atom. The van der Waals surface area contributed by atoms with E-state index < -0.39 is 5.41 Å². The fourth-order valence-electron chi connectivity index (χ4n) is 3.93. The molecule has 2 atom stereocenters. The average Bonchev–Trinajstić information content (AvgIpc) is 3.36. The Hall–Kier alpha value is -2.24. The summed E-state index contributed by atoms with van der Waals surface area (Å²) in [5, 5.41) is 4.37. The Labute approximate surface area is 164 Å². The van der Waals surface area contributed by atoms with E-state index in [4.69, 9.17) is 4.98 Å². The van der Waals surface area contributed by atoms with E-state index in [-0.39, 0.29) is 11.9 Å². The van der Waals surface area contributed by atoms with Gasteiger partial charge in [0.1, 0.15) is 0 Å². The molecule has 5 heteroatoms. The van der Waals surface area contributed by atoms with Gasteiger partial charge in [-0.3, -0.25) is 4.79 Å². The maximum atomic E-state index is 13.6. The largest absolute Gasteiger partial charge is 0.341 e. The first kappa shape index (κ1) is 18.1. The van der Waals surface area contributed by atoms with E-state index in [0.29, 0.717) is 6.42 Å². The molecule has 27 heavy (non-hydrogen) atoms. The molecule has 1 N–H and O–H groups in total. The van der Waals surface area contributed by atoms with Gasteiger partial charge in [0.05, 0.1) is 20.6 Å². The summed E-state index contributed by atoms with van der Waals surface area (Å²) in [6, 6.07) is 18.6. The number of carbonyl (C=O) groups excluding carboxylic acids is 1. The summed E-state index contributed by atoms with van der Waals surface area (Å²) in [6.07, 6.45) is 1.62. The third kappa shape index (κ3) is 3.49. The van der Waals surface area contributed by atoms with Crippen molar-refractivity contribution >= 4 is 27.5 Å². The zero-order valence-corrected chi connectivity index (χ0v) is 16.6. The van der Waals surface area contributed by atoms with Crippen molar-refractivity contribution in [3.05, 3.63) is 65.2 Å². The highest BCUT2D eigenvalue weighted by Gasteiger charge is 2.40. The van der Waals surface area contributed by atoms with Gasteiger partial charge in [0.2, 0.25) is 5.91 Å². The van der Waals surface area contributed by atoms with Crippen molar-refractivity contribution in [3.63, 3.8) is 0 Å². The molecule has 0 aliphatic carbocycles. The molecule has 1 aliphatic rings. The number of thiazole rings is 1. The van der Waals surface area contributed by atoms with E-state index in [2.05, 4.69) is 30.4 Å². The summed E-state index contributed by atoms with van der Waals surface area (Å²) in [6.45, 7) is 3.91. The number of rotatable bonds is 5. The van der Waals surface area contributed by atoms with Crippen molar-refractivity contribution in [2.45, 2.75) is 31.2 Å². The summed E-state index contributed by atoms with van der Waals surface area (Å²) in [5.41, 5.74) is 1.42. The lowest BCUT2D eigenvalue weighted by Crippen LogP contribution is -2.49. The van der Waals surface area contributed by atoms with Crippen molar-refractivity contribution in [1.29, 1.82) is 0 Å². The van der Waals surface area contributed by atoms with Gasteiger partial charge in [0.25, 0.3) is 0 Å². The first-order chi connectivity index (χ1) is 13.1. The Balaban J connectivity index is 1.70. The van der Waals surface area contributed by atoms with Crippen LogP contribution in [0.2, 0.25) is 0 Å². The zero-order chi connectivity index (χ0) is 18.9. The van der Waals surface area contributed by atoms with Gasteiger partial charge in [-0.25, -0.2) is 4.98 Å². The van der Waals surface area contributed by atoms with E-state index in [1.807, 2.05) is 48.3 Å². The lowest BCUT2D eigenvalue weighted by molar-refractivity contribution is -0.137. The monoisotopic (exact) mass is 379 g/mol. The zero-order valence-electron chi connectivity index (χ0n) is 15.8. The quantitative estimate of drug-likeness (QED) is 0.736. The molecular weight excluding hydrogens is 354 g/mol. The maximum Gasteiger partial charge on any atom is 0.233 e. The number of fused-ring (bicyclic) bond motifs is 1. The number of nitrogens with zero attached hydrogens (tertiary/aromatic N) is 2. The summed E-state index contributed by atoms with van der Waals surface area (Å²) in [4.78, 5) is 20.4. The van der Waals surface area contributed by atoms with Crippen LogP contribution in [0, 0.1) is 0 Å². The first-order valence-corrected chi connectivity index (χ1v) is 10.3. The van der Waals surface area contributed by atoms with Gasteiger partial charge in [-0.2, -0.15) is 0 Å². The van der Waals surface area contributed by atoms with Gasteiger partial charge in [-0.05, 0) is 37.6 Å². The maximum absolute atomic E-state index is 13.6. The molecule has 1 amide bonds. The molecule has 0 bridgehead atoms. The molecule has 1 fully saturated rings. The SMILES string of the molecule is CN(C(=O)C(C)(Cc1nc2ccccc2s1)c1ccccc1)C1CCNC1. The summed E-state index contributed by atoms with van der Waals surface area (Å²) in [5.74, 6) is 0.168. The van der Waals surface area contributed by atoms with Gasteiger partial charge in [0, 0.05) is 26.1 Å². The van der Waals surface area contributed by atoms with Crippen LogP contribution in [0.4, 0.5) is 0 Å². The van der Waals surface area contributed by atoms with Crippen LogP contribution >= 0.6 is 11.3 Å².